The minimum Gasteiger partial charge on any atom is -0.370 e. The molecule has 1 fully saturated rings. The van der Waals surface area contributed by atoms with Crippen LogP contribution in [0.25, 0.3) is 0 Å². The number of hydrogen-bond donors (Lipinski definition) is 2. The maximum absolute atomic E-state index is 11.0. The van der Waals surface area contributed by atoms with Crippen LogP contribution in [0.4, 0.5) is 5.82 Å². The molecule has 0 aromatic carbocycles. The Labute approximate surface area is 111 Å². The second-order valence-electron chi connectivity index (χ2n) is 5.36. The van der Waals surface area contributed by atoms with Crippen molar-refractivity contribution in [3.05, 3.63) is 17.0 Å². The Balaban J connectivity index is 2.15. The molecule has 3 N–H and O–H groups in total. The van der Waals surface area contributed by atoms with Crippen molar-refractivity contribution in [2.75, 3.05) is 5.32 Å². The molecule has 1 heterocycles. The fourth-order valence-electron chi connectivity index (χ4n) is 1.85. The van der Waals surface area contributed by atoms with E-state index in [2.05, 4.69) is 15.3 Å². The van der Waals surface area contributed by atoms with E-state index in [4.69, 9.17) is 17.3 Å². The number of anilines is 1. The van der Waals surface area contributed by atoms with Crippen LogP contribution in [0.15, 0.2) is 6.07 Å². The summed E-state index contributed by atoms with van der Waals surface area (Å²) in [5, 5.41) is 3.60. The standard InChI is InChI=1S/C12H17ClN4O/c1-12(2,6-9(14)18)17-10-5-8(13)15-11(16-10)7-3-4-7/h5,7H,3-4,6H2,1-2H3,(H2,14,18)(H,15,16,17). The van der Waals surface area contributed by atoms with Crippen LogP contribution in [0.3, 0.4) is 0 Å². The number of carbonyl (C=O) groups excluding carboxylic acids is 1. The quantitative estimate of drug-likeness (QED) is 0.801. The van der Waals surface area contributed by atoms with Crippen molar-refractivity contribution in [3.63, 3.8) is 0 Å². The predicted octanol–water partition coefficient (Wildman–Crippen LogP) is 2.07. The lowest BCUT2D eigenvalue weighted by Gasteiger charge is -2.25. The van der Waals surface area contributed by atoms with Crippen LogP contribution in [-0.2, 0) is 4.79 Å². The minimum atomic E-state index is -0.454. The van der Waals surface area contributed by atoms with Gasteiger partial charge in [-0.15, -0.1) is 0 Å². The van der Waals surface area contributed by atoms with E-state index < -0.39 is 5.54 Å². The summed E-state index contributed by atoms with van der Waals surface area (Å²) in [6, 6.07) is 1.66. The molecule has 0 spiro atoms. The van der Waals surface area contributed by atoms with E-state index >= 15 is 0 Å². The summed E-state index contributed by atoms with van der Waals surface area (Å²) in [7, 11) is 0. The molecule has 0 unspecified atom stereocenters. The van der Waals surface area contributed by atoms with Gasteiger partial charge < -0.3 is 11.1 Å². The summed E-state index contributed by atoms with van der Waals surface area (Å²) in [4.78, 5) is 19.6. The first-order valence-corrected chi connectivity index (χ1v) is 6.34. The van der Waals surface area contributed by atoms with Crippen molar-refractivity contribution in [1.82, 2.24) is 9.97 Å². The number of halogens is 1. The third kappa shape index (κ3) is 3.57. The van der Waals surface area contributed by atoms with Crippen LogP contribution < -0.4 is 11.1 Å². The van der Waals surface area contributed by atoms with E-state index in [0.29, 0.717) is 16.9 Å². The first kappa shape index (κ1) is 13.1. The number of hydrogen-bond acceptors (Lipinski definition) is 4. The molecular formula is C12H17ClN4O. The number of amides is 1. The molecule has 2 rings (SSSR count). The maximum atomic E-state index is 11.0. The molecule has 6 heteroatoms. The Morgan fingerprint density at radius 3 is 2.78 bits per heavy atom. The lowest BCUT2D eigenvalue weighted by Crippen LogP contribution is -2.36. The zero-order chi connectivity index (χ0) is 13.3. The van der Waals surface area contributed by atoms with E-state index in [-0.39, 0.29) is 12.3 Å². The number of aromatic nitrogens is 2. The van der Waals surface area contributed by atoms with Crippen molar-refractivity contribution in [2.45, 2.75) is 44.6 Å². The van der Waals surface area contributed by atoms with Crippen LogP contribution in [0.1, 0.15) is 44.9 Å². The number of primary amides is 1. The highest BCUT2D eigenvalue weighted by atomic mass is 35.5. The average molecular weight is 269 g/mol. The van der Waals surface area contributed by atoms with Gasteiger partial charge in [0, 0.05) is 23.9 Å². The maximum Gasteiger partial charge on any atom is 0.219 e. The molecule has 1 aliphatic rings. The van der Waals surface area contributed by atoms with Crippen molar-refractivity contribution in [3.8, 4) is 0 Å². The summed E-state index contributed by atoms with van der Waals surface area (Å²) < 4.78 is 0. The van der Waals surface area contributed by atoms with Gasteiger partial charge in [-0.25, -0.2) is 9.97 Å². The van der Waals surface area contributed by atoms with Crippen LogP contribution in [0.2, 0.25) is 5.15 Å². The van der Waals surface area contributed by atoms with Gasteiger partial charge in [0.25, 0.3) is 0 Å². The average Bonchev–Trinajstić information content (AvgIpc) is 2.95. The van der Waals surface area contributed by atoms with Crippen LogP contribution in [0, 0.1) is 0 Å². The number of nitrogens with two attached hydrogens (primary N) is 1. The van der Waals surface area contributed by atoms with Gasteiger partial charge in [0.2, 0.25) is 5.91 Å². The topological polar surface area (TPSA) is 80.9 Å². The molecule has 98 valence electrons. The van der Waals surface area contributed by atoms with Gasteiger partial charge in [-0.2, -0.15) is 0 Å². The summed E-state index contributed by atoms with van der Waals surface area (Å²) in [6.07, 6.45) is 2.46. The summed E-state index contributed by atoms with van der Waals surface area (Å²) in [5.74, 6) is 1.50. The molecule has 1 aromatic rings. The second kappa shape index (κ2) is 4.72. The third-order valence-electron chi connectivity index (χ3n) is 2.74. The van der Waals surface area contributed by atoms with E-state index in [1.54, 1.807) is 6.07 Å². The fourth-order valence-corrected chi connectivity index (χ4v) is 2.04. The molecule has 0 bridgehead atoms. The monoisotopic (exact) mass is 268 g/mol. The highest BCUT2D eigenvalue weighted by Gasteiger charge is 2.28. The van der Waals surface area contributed by atoms with Gasteiger partial charge in [-0.05, 0) is 26.7 Å². The van der Waals surface area contributed by atoms with Gasteiger partial charge in [-0.1, -0.05) is 11.6 Å². The van der Waals surface area contributed by atoms with Gasteiger partial charge in [0.1, 0.15) is 16.8 Å². The lowest BCUT2D eigenvalue weighted by molar-refractivity contribution is -0.118. The van der Waals surface area contributed by atoms with Gasteiger partial charge in [0.15, 0.2) is 0 Å². The summed E-state index contributed by atoms with van der Waals surface area (Å²) >= 11 is 5.97. The molecule has 0 aliphatic heterocycles. The Kier molecular flexibility index (Phi) is 3.43. The van der Waals surface area contributed by atoms with E-state index in [1.165, 1.54) is 0 Å². The molecule has 1 aliphatic carbocycles. The number of nitrogens with zero attached hydrogens (tertiary/aromatic N) is 2. The summed E-state index contributed by atoms with van der Waals surface area (Å²) in [6.45, 7) is 3.79. The van der Waals surface area contributed by atoms with Crippen molar-refractivity contribution in [1.29, 1.82) is 0 Å². The number of nitrogens with one attached hydrogen (secondary N) is 1. The Morgan fingerprint density at radius 1 is 1.56 bits per heavy atom. The summed E-state index contributed by atoms with van der Waals surface area (Å²) in [5.41, 5.74) is 4.76. The molecule has 5 nitrogen and oxygen atoms in total. The number of rotatable bonds is 5. The Morgan fingerprint density at radius 2 is 2.22 bits per heavy atom. The lowest BCUT2D eigenvalue weighted by atomic mass is 10.0. The Bertz CT molecular complexity index is 471. The van der Waals surface area contributed by atoms with Crippen molar-refractivity contribution in [2.24, 2.45) is 5.73 Å². The molecule has 1 amide bonds. The van der Waals surface area contributed by atoms with Crippen LogP contribution >= 0.6 is 11.6 Å². The van der Waals surface area contributed by atoms with Crippen LogP contribution in [0.5, 0.6) is 0 Å². The fraction of sp³-hybridized carbons (Fsp3) is 0.583. The zero-order valence-corrected chi connectivity index (χ0v) is 11.3. The second-order valence-corrected chi connectivity index (χ2v) is 5.75. The zero-order valence-electron chi connectivity index (χ0n) is 10.5. The highest BCUT2D eigenvalue weighted by Crippen LogP contribution is 2.39. The molecule has 0 radical (unpaired) electrons. The molecular weight excluding hydrogens is 252 g/mol. The van der Waals surface area contributed by atoms with E-state index in [1.807, 2.05) is 13.8 Å². The van der Waals surface area contributed by atoms with E-state index in [0.717, 1.165) is 18.7 Å². The van der Waals surface area contributed by atoms with Gasteiger partial charge in [0.05, 0.1) is 0 Å². The first-order chi connectivity index (χ1) is 8.35. The SMILES string of the molecule is CC(C)(CC(N)=O)Nc1cc(Cl)nc(C2CC2)n1. The minimum absolute atomic E-state index is 0.230. The van der Waals surface area contributed by atoms with Crippen molar-refractivity contribution < 1.29 is 4.79 Å². The van der Waals surface area contributed by atoms with Gasteiger partial charge >= 0.3 is 0 Å². The largest absolute Gasteiger partial charge is 0.370 e. The van der Waals surface area contributed by atoms with Crippen LogP contribution in [-0.4, -0.2) is 21.4 Å². The highest BCUT2D eigenvalue weighted by molar-refractivity contribution is 6.29. The Hall–Kier alpha value is -1.36. The molecule has 1 saturated carbocycles. The smallest absolute Gasteiger partial charge is 0.219 e. The molecule has 1 aromatic heterocycles. The third-order valence-corrected chi connectivity index (χ3v) is 2.93. The number of carbonyl (C=O) groups is 1. The normalized spacial score (nSPS) is 15.5. The molecule has 0 saturated heterocycles. The molecule has 18 heavy (non-hydrogen) atoms. The van der Waals surface area contributed by atoms with Gasteiger partial charge in [-0.3, -0.25) is 4.79 Å². The molecule has 0 atom stereocenters. The van der Waals surface area contributed by atoms with Crippen molar-refractivity contribution >= 4 is 23.3 Å². The first-order valence-electron chi connectivity index (χ1n) is 5.97. The predicted molar refractivity (Wildman–Crippen MR) is 70.5 cm³/mol. The van der Waals surface area contributed by atoms with E-state index in [9.17, 15) is 4.79 Å².